The molecule has 0 aromatic heterocycles. The average Bonchev–Trinajstić information content (AvgIpc) is 3.03. The first-order valence-corrected chi connectivity index (χ1v) is 22.2. The van der Waals surface area contributed by atoms with Gasteiger partial charge in [-0.1, -0.05) is 54.5 Å². The molecule has 0 saturated carbocycles. The molecule has 0 spiro atoms. The summed E-state index contributed by atoms with van der Waals surface area (Å²) in [5, 5.41) is 2.76. The van der Waals surface area contributed by atoms with E-state index in [2.05, 4.69) is 122 Å². The van der Waals surface area contributed by atoms with Crippen LogP contribution in [-0.4, -0.2) is 11.5 Å². The molecular formula is C38H55Br2P. The number of halogens is 2. The third kappa shape index (κ3) is 10.9. The molecule has 0 aliphatic heterocycles. The van der Waals surface area contributed by atoms with Crippen molar-refractivity contribution in [1.29, 1.82) is 0 Å². The van der Waals surface area contributed by atoms with Gasteiger partial charge in [-0.25, -0.2) is 0 Å². The van der Waals surface area contributed by atoms with Gasteiger partial charge in [0.05, 0.1) is 0 Å². The van der Waals surface area contributed by atoms with Crippen LogP contribution in [0.5, 0.6) is 0 Å². The van der Waals surface area contributed by atoms with Crippen molar-refractivity contribution in [2.75, 3.05) is 11.5 Å². The predicted molar refractivity (Wildman–Crippen MR) is 196 cm³/mol. The van der Waals surface area contributed by atoms with E-state index in [0.29, 0.717) is 0 Å². The molecule has 0 aliphatic carbocycles. The van der Waals surface area contributed by atoms with E-state index in [4.69, 9.17) is 0 Å². The fourth-order valence-corrected chi connectivity index (χ4v) is 14.5. The van der Waals surface area contributed by atoms with E-state index in [9.17, 15) is 0 Å². The molecule has 3 heteroatoms. The normalized spacial score (nSPS) is 12.7. The van der Waals surface area contributed by atoms with Crippen molar-refractivity contribution < 1.29 is 0 Å². The van der Waals surface area contributed by atoms with Crippen molar-refractivity contribution in [3.63, 3.8) is 0 Å². The Morgan fingerprint density at radius 1 is 0.341 bits per heavy atom. The van der Waals surface area contributed by atoms with Gasteiger partial charge in [0.2, 0.25) is 0 Å². The molecular weight excluding hydrogens is 647 g/mol. The molecule has 0 atom stereocenters. The van der Waals surface area contributed by atoms with Gasteiger partial charge in [-0.15, -0.1) is 0 Å². The van der Waals surface area contributed by atoms with Crippen LogP contribution in [0, 0.1) is 0 Å². The number of hydrogen-bond donors (Lipinski definition) is 0. The van der Waals surface area contributed by atoms with Crippen molar-refractivity contribution in [3.05, 3.63) is 91.0 Å². The second-order valence-corrected chi connectivity index (χ2v) is 21.8. The molecule has 0 heterocycles. The van der Waals surface area contributed by atoms with Gasteiger partial charge < -0.3 is 0 Å². The second-order valence-electron chi connectivity index (χ2n) is 12.0. The van der Waals surface area contributed by atoms with E-state index in [1.165, 1.54) is 143 Å². The molecule has 3 aromatic rings. The van der Waals surface area contributed by atoms with E-state index in [0.717, 1.165) is 0 Å². The summed E-state index contributed by atoms with van der Waals surface area (Å²) in [5.41, 5.74) is 0. The van der Waals surface area contributed by atoms with E-state index < -0.39 is 5.31 Å². The molecule has 0 nitrogen and oxygen atoms in total. The first kappa shape index (κ1) is 34.5. The van der Waals surface area contributed by atoms with Crippen LogP contribution in [0.2, 0.25) is 0 Å². The summed E-state index contributed by atoms with van der Waals surface area (Å²) in [7, 11) is 0. The Labute approximate surface area is 269 Å². The molecule has 226 valence electrons. The standard InChI is InChI=1S/C38H55Br2P/c39-34-26-15-13-11-9-7-5-3-1-2-4-6-8-10-12-14-16-27-35-41(40,36-28-20-17-21-29-36,37-30-22-18-23-31-37)38-32-24-19-25-33-38/h17-25,28-33H,1-16,26-27,34-35H2. The van der Waals surface area contributed by atoms with Gasteiger partial charge >= 0.3 is 204 Å². The van der Waals surface area contributed by atoms with Crippen molar-refractivity contribution in [2.45, 2.75) is 116 Å². The zero-order valence-corrected chi connectivity index (χ0v) is 29.6. The van der Waals surface area contributed by atoms with Gasteiger partial charge in [0.15, 0.2) is 0 Å². The van der Waals surface area contributed by atoms with Crippen molar-refractivity contribution in [1.82, 2.24) is 0 Å². The van der Waals surface area contributed by atoms with Crippen LogP contribution in [0.4, 0.5) is 0 Å². The van der Waals surface area contributed by atoms with Gasteiger partial charge in [-0.2, -0.15) is 0 Å². The molecule has 0 aliphatic rings. The van der Waals surface area contributed by atoms with E-state index in [1.807, 2.05) is 0 Å². The molecule has 0 fully saturated rings. The fourth-order valence-electron chi connectivity index (χ4n) is 6.38. The Morgan fingerprint density at radius 2 is 0.585 bits per heavy atom. The summed E-state index contributed by atoms with van der Waals surface area (Å²) in [6, 6.07) is 33.8. The second kappa shape index (κ2) is 20.1. The van der Waals surface area contributed by atoms with Gasteiger partial charge in [0.1, 0.15) is 0 Å². The fraction of sp³-hybridized carbons (Fsp3) is 0.526. The third-order valence-corrected chi connectivity index (χ3v) is 19.4. The Kier molecular flexibility index (Phi) is 16.9. The first-order chi connectivity index (χ1) is 20.2. The van der Waals surface area contributed by atoms with Crippen LogP contribution in [0.3, 0.4) is 0 Å². The number of hydrogen-bond acceptors (Lipinski definition) is 0. The van der Waals surface area contributed by atoms with Crippen LogP contribution < -0.4 is 15.9 Å². The Balaban J connectivity index is 1.36. The molecule has 0 unspecified atom stereocenters. The van der Waals surface area contributed by atoms with E-state index >= 15 is 0 Å². The van der Waals surface area contributed by atoms with Crippen molar-refractivity contribution >= 4 is 52.6 Å². The van der Waals surface area contributed by atoms with Crippen LogP contribution in [0.1, 0.15) is 116 Å². The van der Waals surface area contributed by atoms with Crippen LogP contribution >= 0.6 is 36.7 Å². The SMILES string of the molecule is BrCCCCCCCCCCCCCCCCCCCCP(Br)(c1ccccc1)(c1ccccc1)c1ccccc1. The third-order valence-electron chi connectivity index (χ3n) is 8.85. The Bertz CT molecular complexity index is 938. The number of unbranched alkanes of at least 4 members (excludes halogenated alkanes) is 17. The molecule has 3 aromatic carbocycles. The Hall–Kier alpha value is -0.950. The zero-order chi connectivity index (χ0) is 28.9. The Morgan fingerprint density at radius 3 is 0.854 bits per heavy atom. The molecule has 0 radical (unpaired) electrons. The summed E-state index contributed by atoms with van der Waals surface area (Å²) in [6.45, 7) is 0. The van der Waals surface area contributed by atoms with Crippen LogP contribution in [-0.2, 0) is 0 Å². The van der Waals surface area contributed by atoms with Gasteiger partial charge in [0.25, 0.3) is 0 Å². The zero-order valence-electron chi connectivity index (χ0n) is 25.5. The van der Waals surface area contributed by atoms with E-state index in [-0.39, 0.29) is 0 Å². The molecule has 41 heavy (non-hydrogen) atoms. The van der Waals surface area contributed by atoms with Gasteiger partial charge in [0, 0.05) is 5.33 Å². The maximum atomic E-state index is 4.60. The van der Waals surface area contributed by atoms with E-state index in [1.54, 1.807) is 0 Å². The summed E-state index contributed by atoms with van der Waals surface area (Å²) in [4.78, 5) is 0. The summed E-state index contributed by atoms with van der Waals surface area (Å²) < 4.78 is 0. The number of benzene rings is 3. The molecule has 0 bridgehead atoms. The van der Waals surface area contributed by atoms with Crippen molar-refractivity contribution in [3.8, 4) is 0 Å². The van der Waals surface area contributed by atoms with Crippen LogP contribution in [0.25, 0.3) is 0 Å². The maximum absolute atomic E-state index is 4.60. The first-order valence-electron chi connectivity index (χ1n) is 16.7. The molecule has 0 N–H and O–H groups in total. The monoisotopic (exact) mass is 700 g/mol. The quantitative estimate of drug-likeness (QED) is 0.0524. The minimum atomic E-state index is -2.74. The van der Waals surface area contributed by atoms with Crippen molar-refractivity contribution in [2.24, 2.45) is 0 Å². The minimum absolute atomic E-state index is 1.17. The van der Waals surface area contributed by atoms with Gasteiger partial charge in [-0.05, 0) is 6.42 Å². The summed E-state index contributed by atoms with van der Waals surface area (Å²) >= 11 is 8.13. The topological polar surface area (TPSA) is 0 Å². The predicted octanol–water partition coefficient (Wildman–Crippen LogP) is 12.2. The molecule has 0 amide bonds. The van der Waals surface area contributed by atoms with Crippen LogP contribution in [0.15, 0.2) is 91.0 Å². The van der Waals surface area contributed by atoms with Gasteiger partial charge in [-0.3, -0.25) is 0 Å². The molecule has 0 saturated heterocycles. The average molecular weight is 703 g/mol. The summed E-state index contributed by atoms with van der Waals surface area (Å²) in [5.74, 6) is 0. The number of alkyl halides is 1. The summed E-state index contributed by atoms with van der Waals surface area (Å²) in [6.07, 6.45) is 26.5. The number of rotatable bonds is 23. The molecule has 3 rings (SSSR count).